The van der Waals surface area contributed by atoms with Crippen molar-refractivity contribution in [2.75, 3.05) is 18.4 Å². The van der Waals surface area contributed by atoms with Crippen LogP contribution in [0.2, 0.25) is 0 Å². The Morgan fingerprint density at radius 2 is 1.59 bits per heavy atom. The summed E-state index contributed by atoms with van der Waals surface area (Å²) in [7, 11) is 0. The van der Waals surface area contributed by atoms with Crippen molar-refractivity contribution >= 4 is 11.7 Å². The number of rotatable bonds is 6. The van der Waals surface area contributed by atoms with E-state index in [1.807, 2.05) is 35.2 Å². The quantitative estimate of drug-likeness (QED) is 0.664. The second-order valence-corrected chi connectivity index (χ2v) is 7.69. The van der Waals surface area contributed by atoms with Gasteiger partial charge in [-0.3, -0.25) is 4.79 Å². The van der Waals surface area contributed by atoms with Gasteiger partial charge in [0.15, 0.2) is 0 Å². The van der Waals surface area contributed by atoms with Crippen LogP contribution < -0.4 is 5.32 Å². The molecule has 148 valence electrons. The van der Waals surface area contributed by atoms with Crippen molar-refractivity contribution in [2.24, 2.45) is 5.92 Å². The summed E-state index contributed by atoms with van der Waals surface area (Å²) in [6.45, 7) is 2.34. The molecule has 1 N–H and O–H groups in total. The van der Waals surface area contributed by atoms with Gasteiger partial charge >= 0.3 is 0 Å². The molecule has 2 heterocycles. The predicted molar refractivity (Wildman–Crippen MR) is 117 cm³/mol. The highest BCUT2D eigenvalue weighted by Gasteiger charge is 2.24. The number of nitrogens with one attached hydrogen (secondary N) is 1. The minimum absolute atomic E-state index is 0.105. The molecule has 1 aromatic heterocycles. The van der Waals surface area contributed by atoms with Gasteiger partial charge in [-0.2, -0.15) is 0 Å². The standard InChI is InChI=1S/C25H27N3O/c29-25(28-15-12-21(13-16-28)17-20-7-3-1-4-8-20)23-11-14-26-24(18-23)27-19-22-9-5-2-6-10-22/h1-11,14,18,21H,12-13,15-17,19H2,(H,26,27). The maximum Gasteiger partial charge on any atom is 0.254 e. The average Bonchev–Trinajstić information content (AvgIpc) is 2.79. The predicted octanol–water partition coefficient (Wildman–Crippen LogP) is 4.79. The van der Waals surface area contributed by atoms with Gasteiger partial charge in [0.1, 0.15) is 5.82 Å². The lowest BCUT2D eigenvalue weighted by Crippen LogP contribution is -2.38. The van der Waals surface area contributed by atoms with Crippen molar-refractivity contribution in [3.05, 3.63) is 95.7 Å². The number of carbonyl (C=O) groups is 1. The van der Waals surface area contributed by atoms with Crippen molar-refractivity contribution < 1.29 is 4.79 Å². The summed E-state index contributed by atoms with van der Waals surface area (Å²) in [6, 6.07) is 24.5. The lowest BCUT2D eigenvalue weighted by molar-refractivity contribution is 0.0690. The number of nitrogens with zero attached hydrogens (tertiary/aromatic N) is 2. The average molecular weight is 386 g/mol. The lowest BCUT2D eigenvalue weighted by atomic mass is 9.90. The van der Waals surface area contributed by atoms with Gasteiger partial charge in [-0.15, -0.1) is 0 Å². The van der Waals surface area contributed by atoms with Crippen LogP contribution in [-0.4, -0.2) is 28.9 Å². The smallest absolute Gasteiger partial charge is 0.254 e. The van der Waals surface area contributed by atoms with Crippen LogP contribution in [0.3, 0.4) is 0 Å². The van der Waals surface area contributed by atoms with Crippen LogP contribution in [0, 0.1) is 5.92 Å². The number of anilines is 1. The topological polar surface area (TPSA) is 45.2 Å². The number of pyridine rings is 1. The van der Waals surface area contributed by atoms with Crippen LogP contribution >= 0.6 is 0 Å². The van der Waals surface area contributed by atoms with Gasteiger partial charge in [-0.1, -0.05) is 60.7 Å². The monoisotopic (exact) mass is 385 g/mol. The maximum atomic E-state index is 13.0. The first-order valence-electron chi connectivity index (χ1n) is 10.3. The summed E-state index contributed by atoms with van der Waals surface area (Å²) in [6.07, 6.45) is 4.93. The third-order valence-electron chi connectivity index (χ3n) is 5.59. The normalized spacial score (nSPS) is 14.6. The van der Waals surface area contributed by atoms with E-state index in [1.165, 1.54) is 11.1 Å². The molecule has 4 rings (SSSR count). The molecule has 0 radical (unpaired) electrons. The number of benzene rings is 2. The Balaban J connectivity index is 1.31. The number of aromatic nitrogens is 1. The third kappa shape index (κ3) is 5.23. The molecule has 0 unspecified atom stereocenters. The van der Waals surface area contributed by atoms with E-state index in [1.54, 1.807) is 6.20 Å². The largest absolute Gasteiger partial charge is 0.366 e. The number of likely N-dealkylation sites (tertiary alicyclic amines) is 1. The van der Waals surface area contributed by atoms with Crippen molar-refractivity contribution in [2.45, 2.75) is 25.8 Å². The minimum Gasteiger partial charge on any atom is -0.366 e. The van der Waals surface area contributed by atoms with E-state index in [2.05, 4.69) is 52.8 Å². The SMILES string of the molecule is O=C(c1ccnc(NCc2ccccc2)c1)N1CCC(Cc2ccccc2)CC1. The molecule has 0 bridgehead atoms. The summed E-state index contributed by atoms with van der Waals surface area (Å²) in [5.74, 6) is 1.49. The van der Waals surface area contributed by atoms with E-state index in [-0.39, 0.29) is 5.91 Å². The zero-order valence-electron chi connectivity index (χ0n) is 16.6. The fraction of sp³-hybridized carbons (Fsp3) is 0.280. The van der Waals surface area contributed by atoms with E-state index in [0.29, 0.717) is 18.0 Å². The molecule has 29 heavy (non-hydrogen) atoms. The van der Waals surface area contributed by atoms with Gasteiger partial charge in [0, 0.05) is 31.4 Å². The van der Waals surface area contributed by atoms with Crippen molar-refractivity contribution in [3.63, 3.8) is 0 Å². The number of hydrogen-bond donors (Lipinski definition) is 1. The van der Waals surface area contributed by atoms with Crippen molar-refractivity contribution in [3.8, 4) is 0 Å². The molecule has 4 nitrogen and oxygen atoms in total. The van der Waals surface area contributed by atoms with Gasteiger partial charge in [0.25, 0.3) is 5.91 Å². The Morgan fingerprint density at radius 3 is 2.28 bits per heavy atom. The Kier molecular flexibility index (Phi) is 6.20. The molecule has 0 spiro atoms. The Bertz CT molecular complexity index is 919. The van der Waals surface area contributed by atoms with Crippen LogP contribution in [-0.2, 0) is 13.0 Å². The maximum absolute atomic E-state index is 13.0. The van der Waals surface area contributed by atoms with E-state index >= 15 is 0 Å². The molecule has 3 aromatic rings. The van der Waals surface area contributed by atoms with Gasteiger partial charge in [0.2, 0.25) is 0 Å². The number of carbonyl (C=O) groups excluding carboxylic acids is 1. The Hall–Kier alpha value is -3.14. The fourth-order valence-electron chi connectivity index (χ4n) is 3.92. The molecule has 1 aliphatic rings. The molecule has 1 amide bonds. The Labute approximate surface area is 172 Å². The zero-order valence-corrected chi connectivity index (χ0v) is 16.6. The molecule has 1 saturated heterocycles. The zero-order chi connectivity index (χ0) is 19.9. The molecular formula is C25H27N3O. The van der Waals surface area contributed by atoms with Gasteiger partial charge in [-0.25, -0.2) is 4.98 Å². The first-order chi connectivity index (χ1) is 14.3. The molecule has 0 aliphatic carbocycles. The van der Waals surface area contributed by atoms with Crippen LogP contribution in [0.4, 0.5) is 5.82 Å². The summed E-state index contributed by atoms with van der Waals surface area (Å²) >= 11 is 0. The van der Waals surface area contributed by atoms with Crippen LogP contribution in [0.1, 0.15) is 34.3 Å². The first-order valence-corrected chi connectivity index (χ1v) is 10.3. The van der Waals surface area contributed by atoms with E-state index in [4.69, 9.17) is 0 Å². The van der Waals surface area contributed by atoms with Crippen LogP contribution in [0.15, 0.2) is 79.0 Å². The molecule has 1 fully saturated rings. The fourth-order valence-corrected chi connectivity index (χ4v) is 3.92. The van der Waals surface area contributed by atoms with E-state index < -0.39 is 0 Å². The highest BCUT2D eigenvalue weighted by Crippen LogP contribution is 2.23. The van der Waals surface area contributed by atoms with E-state index in [0.717, 1.165) is 38.2 Å². The van der Waals surface area contributed by atoms with Gasteiger partial charge in [0.05, 0.1) is 0 Å². The lowest BCUT2D eigenvalue weighted by Gasteiger charge is -2.32. The first kappa shape index (κ1) is 19.2. The van der Waals surface area contributed by atoms with Gasteiger partial charge < -0.3 is 10.2 Å². The molecule has 2 aromatic carbocycles. The number of amides is 1. The molecule has 0 atom stereocenters. The Morgan fingerprint density at radius 1 is 0.931 bits per heavy atom. The summed E-state index contributed by atoms with van der Waals surface area (Å²) in [4.78, 5) is 19.3. The van der Waals surface area contributed by atoms with Crippen LogP contribution in [0.5, 0.6) is 0 Å². The minimum atomic E-state index is 0.105. The van der Waals surface area contributed by atoms with Crippen molar-refractivity contribution in [1.82, 2.24) is 9.88 Å². The summed E-state index contributed by atoms with van der Waals surface area (Å²) in [5, 5.41) is 3.31. The number of hydrogen-bond acceptors (Lipinski definition) is 3. The molecule has 0 saturated carbocycles. The summed E-state index contributed by atoms with van der Waals surface area (Å²) in [5.41, 5.74) is 3.28. The molecular weight excluding hydrogens is 358 g/mol. The summed E-state index contributed by atoms with van der Waals surface area (Å²) < 4.78 is 0. The van der Waals surface area contributed by atoms with Crippen molar-refractivity contribution in [1.29, 1.82) is 0 Å². The molecule has 4 heteroatoms. The van der Waals surface area contributed by atoms with Crippen LogP contribution in [0.25, 0.3) is 0 Å². The van der Waals surface area contributed by atoms with Gasteiger partial charge in [-0.05, 0) is 48.4 Å². The van der Waals surface area contributed by atoms with E-state index in [9.17, 15) is 4.79 Å². The highest BCUT2D eigenvalue weighted by molar-refractivity contribution is 5.94. The second-order valence-electron chi connectivity index (χ2n) is 7.69. The third-order valence-corrected chi connectivity index (χ3v) is 5.59. The second kappa shape index (κ2) is 9.37. The molecule has 1 aliphatic heterocycles. The number of piperidine rings is 1. The highest BCUT2D eigenvalue weighted by atomic mass is 16.2.